The number of hydrogen-bond donors (Lipinski definition) is 0. The van der Waals surface area contributed by atoms with E-state index >= 15 is 0 Å². The van der Waals surface area contributed by atoms with Crippen LogP contribution in [0.2, 0.25) is 5.02 Å². The Bertz CT molecular complexity index is 503. The highest BCUT2D eigenvalue weighted by atomic mass is 35.5. The summed E-state index contributed by atoms with van der Waals surface area (Å²) in [4.78, 5) is 25.1. The summed E-state index contributed by atoms with van der Waals surface area (Å²) in [5, 5.41) is 0.666. The van der Waals surface area contributed by atoms with E-state index in [9.17, 15) is 9.59 Å². The van der Waals surface area contributed by atoms with Gasteiger partial charge in [0.2, 0.25) is 5.91 Å². The van der Waals surface area contributed by atoms with E-state index in [0.29, 0.717) is 37.6 Å². The van der Waals surface area contributed by atoms with E-state index in [1.165, 1.54) is 7.11 Å². The van der Waals surface area contributed by atoms with Crippen molar-refractivity contribution in [3.8, 4) is 5.75 Å². The van der Waals surface area contributed by atoms with E-state index in [4.69, 9.17) is 16.3 Å². The Kier molecular flexibility index (Phi) is 5.44. The number of carbonyl (C=O) groups is 2. The molecule has 1 fully saturated rings. The summed E-state index contributed by atoms with van der Waals surface area (Å²) in [6.07, 6.45) is 1.24. The van der Waals surface area contributed by atoms with Gasteiger partial charge in [-0.25, -0.2) is 0 Å². The summed E-state index contributed by atoms with van der Waals surface area (Å²) in [7, 11) is 1.30. The van der Waals surface area contributed by atoms with Crippen LogP contribution in [0.1, 0.15) is 12.8 Å². The molecule has 5 nitrogen and oxygen atoms in total. The molecule has 114 valence electrons. The first-order valence-corrected chi connectivity index (χ1v) is 7.24. The average molecular weight is 312 g/mol. The minimum atomic E-state index is -0.632. The predicted molar refractivity (Wildman–Crippen MR) is 78.3 cm³/mol. The third-order valence-electron chi connectivity index (χ3n) is 3.44. The minimum absolute atomic E-state index is 0.145. The van der Waals surface area contributed by atoms with Crippen molar-refractivity contribution in [2.45, 2.75) is 12.8 Å². The highest BCUT2D eigenvalue weighted by molar-refractivity contribution is 6.30. The summed E-state index contributed by atoms with van der Waals surface area (Å²) in [5.41, 5.74) is 0. The number of halogens is 1. The molecule has 1 amide bonds. The van der Waals surface area contributed by atoms with Crippen LogP contribution in [0.4, 0.5) is 0 Å². The second kappa shape index (κ2) is 7.31. The van der Waals surface area contributed by atoms with Crippen molar-refractivity contribution in [1.82, 2.24) is 4.90 Å². The molecule has 1 saturated heterocycles. The number of amides is 1. The lowest BCUT2D eigenvalue weighted by molar-refractivity contribution is -0.150. The average Bonchev–Trinajstić information content (AvgIpc) is 2.86. The maximum atomic E-state index is 12.0. The largest absolute Gasteiger partial charge is 0.494 e. The Labute approximate surface area is 128 Å². The van der Waals surface area contributed by atoms with Crippen LogP contribution in [0, 0.1) is 5.92 Å². The van der Waals surface area contributed by atoms with Gasteiger partial charge < -0.3 is 14.4 Å². The molecule has 1 atom stereocenters. The van der Waals surface area contributed by atoms with E-state index in [1.807, 2.05) is 0 Å². The van der Waals surface area contributed by atoms with E-state index in [0.717, 1.165) is 5.75 Å². The molecule has 6 heteroatoms. The first kappa shape index (κ1) is 15.6. The molecule has 0 N–H and O–H groups in total. The van der Waals surface area contributed by atoms with Gasteiger partial charge in [0.25, 0.3) is 0 Å². The van der Waals surface area contributed by atoms with Crippen LogP contribution in [0.25, 0.3) is 0 Å². The smallest absolute Gasteiger partial charge is 0.318 e. The zero-order chi connectivity index (χ0) is 15.2. The first-order valence-electron chi connectivity index (χ1n) is 6.87. The molecule has 0 spiro atoms. The second-order valence-electron chi connectivity index (χ2n) is 4.85. The van der Waals surface area contributed by atoms with Crippen molar-refractivity contribution in [1.29, 1.82) is 0 Å². The molecule has 0 aliphatic carbocycles. The lowest BCUT2D eigenvalue weighted by Crippen LogP contribution is -2.32. The first-order chi connectivity index (χ1) is 10.1. The third-order valence-corrected chi connectivity index (χ3v) is 3.69. The summed E-state index contributed by atoms with van der Waals surface area (Å²) in [6, 6.07) is 7.14. The molecular formula is C15H18ClNO4. The molecule has 2 rings (SSSR count). The quantitative estimate of drug-likeness (QED) is 0.459. The van der Waals surface area contributed by atoms with E-state index in [2.05, 4.69) is 4.74 Å². The van der Waals surface area contributed by atoms with E-state index in [1.54, 1.807) is 29.2 Å². The highest BCUT2D eigenvalue weighted by Gasteiger charge is 2.37. The monoisotopic (exact) mass is 311 g/mol. The topological polar surface area (TPSA) is 55.8 Å². The lowest BCUT2D eigenvalue weighted by Gasteiger charge is -2.16. The van der Waals surface area contributed by atoms with Gasteiger partial charge in [-0.05, 0) is 37.1 Å². The number of benzene rings is 1. The van der Waals surface area contributed by atoms with Gasteiger partial charge in [-0.2, -0.15) is 0 Å². The molecule has 21 heavy (non-hydrogen) atoms. The van der Waals surface area contributed by atoms with Gasteiger partial charge in [0.1, 0.15) is 11.7 Å². The van der Waals surface area contributed by atoms with Gasteiger partial charge in [0.15, 0.2) is 0 Å². The summed E-state index contributed by atoms with van der Waals surface area (Å²) >= 11 is 5.79. The second-order valence-corrected chi connectivity index (χ2v) is 5.28. The molecular weight excluding hydrogens is 294 g/mol. The third kappa shape index (κ3) is 4.11. The SMILES string of the molecule is COC(=O)C1CCN(CCCOc2ccc(Cl)cc2)C1=O. The zero-order valence-electron chi connectivity index (χ0n) is 11.9. The van der Waals surface area contributed by atoms with E-state index < -0.39 is 11.9 Å². The fraction of sp³-hybridized carbons (Fsp3) is 0.467. The van der Waals surface area contributed by atoms with Gasteiger partial charge in [0.05, 0.1) is 13.7 Å². The molecule has 0 aromatic heterocycles. The van der Waals surface area contributed by atoms with Crippen LogP contribution in [0.5, 0.6) is 5.75 Å². The van der Waals surface area contributed by atoms with Gasteiger partial charge in [0, 0.05) is 18.1 Å². The van der Waals surface area contributed by atoms with E-state index in [-0.39, 0.29) is 5.91 Å². The van der Waals surface area contributed by atoms with Crippen molar-refractivity contribution in [3.05, 3.63) is 29.3 Å². The molecule has 1 aromatic carbocycles. The maximum Gasteiger partial charge on any atom is 0.318 e. The van der Waals surface area contributed by atoms with Crippen molar-refractivity contribution < 1.29 is 19.1 Å². The maximum absolute atomic E-state index is 12.0. The normalized spacial score (nSPS) is 17.9. The van der Waals surface area contributed by atoms with Crippen LogP contribution in [0.3, 0.4) is 0 Å². The Morgan fingerprint density at radius 1 is 1.38 bits per heavy atom. The number of nitrogens with zero attached hydrogens (tertiary/aromatic N) is 1. The minimum Gasteiger partial charge on any atom is -0.494 e. The number of likely N-dealkylation sites (tertiary alicyclic amines) is 1. The number of hydrogen-bond acceptors (Lipinski definition) is 4. The van der Waals surface area contributed by atoms with Crippen LogP contribution in [-0.2, 0) is 14.3 Å². The molecule has 1 aliphatic rings. The summed E-state index contributed by atoms with van der Waals surface area (Å²) in [5.74, 6) is -0.472. The number of carbonyl (C=O) groups excluding carboxylic acids is 2. The Morgan fingerprint density at radius 3 is 2.76 bits per heavy atom. The lowest BCUT2D eigenvalue weighted by atomic mass is 10.1. The molecule has 1 aromatic rings. The molecule has 1 aliphatic heterocycles. The molecule has 0 bridgehead atoms. The van der Waals surface area contributed by atoms with Crippen molar-refractivity contribution >= 4 is 23.5 Å². The number of methoxy groups -OCH3 is 1. The predicted octanol–water partition coefficient (Wildman–Crippen LogP) is 2.13. The number of ether oxygens (including phenoxy) is 2. The standard InChI is InChI=1S/C15H18ClNO4/c1-20-15(19)13-7-9-17(14(13)18)8-2-10-21-12-5-3-11(16)4-6-12/h3-6,13H,2,7-10H2,1H3. The number of esters is 1. The van der Waals surface area contributed by atoms with Crippen molar-refractivity contribution in [3.63, 3.8) is 0 Å². The summed E-state index contributed by atoms with van der Waals surface area (Å²) in [6.45, 7) is 1.69. The molecule has 0 saturated carbocycles. The fourth-order valence-electron chi connectivity index (χ4n) is 2.30. The number of rotatable bonds is 6. The van der Waals surface area contributed by atoms with Gasteiger partial charge in [-0.1, -0.05) is 11.6 Å². The Morgan fingerprint density at radius 2 is 2.10 bits per heavy atom. The van der Waals surface area contributed by atoms with Gasteiger partial charge in [-0.3, -0.25) is 9.59 Å². The molecule has 1 unspecified atom stereocenters. The van der Waals surface area contributed by atoms with Gasteiger partial charge >= 0.3 is 5.97 Å². The summed E-state index contributed by atoms with van der Waals surface area (Å²) < 4.78 is 10.2. The van der Waals surface area contributed by atoms with Gasteiger partial charge in [-0.15, -0.1) is 0 Å². The highest BCUT2D eigenvalue weighted by Crippen LogP contribution is 2.20. The van der Waals surface area contributed by atoms with Crippen LogP contribution >= 0.6 is 11.6 Å². The van der Waals surface area contributed by atoms with Crippen LogP contribution in [-0.4, -0.2) is 43.6 Å². The molecule has 0 radical (unpaired) electrons. The van der Waals surface area contributed by atoms with Crippen LogP contribution < -0.4 is 4.74 Å². The fourth-order valence-corrected chi connectivity index (χ4v) is 2.42. The van der Waals surface area contributed by atoms with Crippen molar-refractivity contribution in [2.75, 3.05) is 26.8 Å². The molecule has 1 heterocycles. The zero-order valence-corrected chi connectivity index (χ0v) is 12.6. The van der Waals surface area contributed by atoms with Crippen LogP contribution in [0.15, 0.2) is 24.3 Å². The Hall–Kier alpha value is -1.75. The Balaban J connectivity index is 1.71. The van der Waals surface area contributed by atoms with Crippen molar-refractivity contribution in [2.24, 2.45) is 5.92 Å².